The SMILES string of the molecule is COc1ccc(CC(N)Cc2ccccc2C)cc1Br. The summed E-state index contributed by atoms with van der Waals surface area (Å²) in [6.07, 6.45) is 1.76. The molecular weight excluding hydrogens is 314 g/mol. The maximum Gasteiger partial charge on any atom is 0.133 e. The summed E-state index contributed by atoms with van der Waals surface area (Å²) in [5.41, 5.74) is 10.1. The summed E-state index contributed by atoms with van der Waals surface area (Å²) in [6.45, 7) is 2.13. The van der Waals surface area contributed by atoms with Crippen molar-refractivity contribution in [3.63, 3.8) is 0 Å². The monoisotopic (exact) mass is 333 g/mol. The summed E-state index contributed by atoms with van der Waals surface area (Å²) in [4.78, 5) is 0. The molecule has 0 aliphatic heterocycles. The second kappa shape index (κ2) is 6.91. The van der Waals surface area contributed by atoms with Gasteiger partial charge in [-0.25, -0.2) is 0 Å². The normalized spacial score (nSPS) is 12.2. The van der Waals surface area contributed by atoms with E-state index in [-0.39, 0.29) is 6.04 Å². The molecule has 0 aromatic heterocycles. The highest BCUT2D eigenvalue weighted by molar-refractivity contribution is 9.10. The van der Waals surface area contributed by atoms with Crippen molar-refractivity contribution in [2.75, 3.05) is 7.11 Å². The quantitative estimate of drug-likeness (QED) is 0.901. The van der Waals surface area contributed by atoms with Crippen LogP contribution in [0, 0.1) is 6.92 Å². The first kappa shape index (κ1) is 15.1. The fourth-order valence-electron chi connectivity index (χ4n) is 2.33. The minimum Gasteiger partial charge on any atom is -0.496 e. The number of methoxy groups -OCH3 is 1. The Morgan fingerprint density at radius 3 is 2.55 bits per heavy atom. The molecule has 106 valence electrons. The van der Waals surface area contributed by atoms with E-state index in [0.29, 0.717) is 0 Å². The summed E-state index contributed by atoms with van der Waals surface area (Å²) in [7, 11) is 1.67. The summed E-state index contributed by atoms with van der Waals surface area (Å²) >= 11 is 3.51. The van der Waals surface area contributed by atoms with Gasteiger partial charge in [0.05, 0.1) is 11.6 Å². The predicted octanol–water partition coefficient (Wildman–Crippen LogP) is 3.88. The number of ether oxygens (including phenoxy) is 1. The molecule has 0 amide bonds. The molecule has 3 heteroatoms. The Labute approximate surface area is 129 Å². The molecule has 20 heavy (non-hydrogen) atoms. The van der Waals surface area contributed by atoms with Crippen LogP contribution in [-0.4, -0.2) is 13.2 Å². The number of benzene rings is 2. The van der Waals surface area contributed by atoms with Crippen molar-refractivity contribution in [1.82, 2.24) is 0 Å². The highest BCUT2D eigenvalue weighted by atomic mass is 79.9. The van der Waals surface area contributed by atoms with E-state index in [1.54, 1.807) is 7.11 Å². The molecule has 0 spiro atoms. The molecule has 2 nitrogen and oxygen atoms in total. The number of halogens is 1. The van der Waals surface area contributed by atoms with E-state index in [0.717, 1.165) is 23.1 Å². The van der Waals surface area contributed by atoms with Crippen molar-refractivity contribution in [3.8, 4) is 5.75 Å². The molecule has 0 radical (unpaired) electrons. The largest absolute Gasteiger partial charge is 0.496 e. The van der Waals surface area contributed by atoms with Crippen LogP contribution in [0.15, 0.2) is 46.9 Å². The first-order chi connectivity index (χ1) is 9.60. The molecule has 0 aliphatic carbocycles. The van der Waals surface area contributed by atoms with Crippen molar-refractivity contribution >= 4 is 15.9 Å². The molecular formula is C17H20BrNO. The standard InChI is InChI=1S/C17H20BrNO/c1-12-5-3-4-6-14(12)11-15(19)9-13-7-8-17(20-2)16(18)10-13/h3-8,10,15H,9,11,19H2,1-2H3. The van der Waals surface area contributed by atoms with E-state index in [1.165, 1.54) is 16.7 Å². The smallest absolute Gasteiger partial charge is 0.133 e. The van der Waals surface area contributed by atoms with Crippen LogP contribution in [0.25, 0.3) is 0 Å². The fraction of sp³-hybridized carbons (Fsp3) is 0.294. The second-order valence-electron chi connectivity index (χ2n) is 5.06. The highest BCUT2D eigenvalue weighted by Crippen LogP contribution is 2.26. The van der Waals surface area contributed by atoms with Crippen LogP contribution in [0.3, 0.4) is 0 Å². The van der Waals surface area contributed by atoms with Crippen LogP contribution in [0.5, 0.6) is 5.75 Å². The zero-order valence-corrected chi connectivity index (χ0v) is 13.5. The third-order valence-corrected chi connectivity index (χ3v) is 4.08. The Morgan fingerprint density at radius 1 is 1.15 bits per heavy atom. The molecule has 1 atom stereocenters. The van der Waals surface area contributed by atoms with E-state index in [2.05, 4.69) is 59.3 Å². The molecule has 2 aromatic carbocycles. The van der Waals surface area contributed by atoms with Gasteiger partial charge in [-0.1, -0.05) is 30.3 Å². The van der Waals surface area contributed by atoms with Gasteiger partial charge in [0.2, 0.25) is 0 Å². The van der Waals surface area contributed by atoms with Crippen molar-refractivity contribution in [3.05, 3.63) is 63.6 Å². The Bertz CT molecular complexity index is 583. The van der Waals surface area contributed by atoms with Gasteiger partial charge in [-0.3, -0.25) is 0 Å². The number of hydrogen-bond acceptors (Lipinski definition) is 2. The molecule has 0 heterocycles. The Morgan fingerprint density at radius 2 is 1.90 bits per heavy atom. The number of hydrogen-bond donors (Lipinski definition) is 1. The Kier molecular flexibility index (Phi) is 5.21. The molecule has 0 saturated heterocycles. The van der Waals surface area contributed by atoms with Gasteiger partial charge in [-0.05, 0) is 64.5 Å². The first-order valence-corrected chi connectivity index (χ1v) is 7.52. The molecule has 0 aliphatic rings. The van der Waals surface area contributed by atoms with Crippen LogP contribution in [0.1, 0.15) is 16.7 Å². The van der Waals surface area contributed by atoms with Crippen molar-refractivity contribution < 1.29 is 4.74 Å². The summed E-state index contributed by atoms with van der Waals surface area (Å²) < 4.78 is 6.21. The van der Waals surface area contributed by atoms with E-state index in [4.69, 9.17) is 10.5 Å². The number of nitrogens with two attached hydrogens (primary N) is 1. The van der Waals surface area contributed by atoms with E-state index in [9.17, 15) is 0 Å². The van der Waals surface area contributed by atoms with Gasteiger partial charge < -0.3 is 10.5 Å². The van der Waals surface area contributed by atoms with Gasteiger partial charge in [-0.2, -0.15) is 0 Å². The first-order valence-electron chi connectivity index (χ1n) is 6.72. The van der Waals surface area contributed by atoms with Gasteiger partial charge in [0.15, 0.2) is 0 Å². The van der Waals surface area contributed by atoms with Crippen LogP contribution in [0.4, 0.5) is 0 Å². The molecule has 0 saturated carbocycles. The van der Waals surface area contributed by atoms with Crippen molar-refractivity contribution in [2.45, 2.75) is 25.8 Å². The highest BCUT2D eigenvalue weighted by Gasteiger charge is 2.09. The lowest BCUT2D eigenvalue weighted by atomic mass is 9.97. The molecule has 2 rings (SSSR count). The average molecular weight is 334 g/mol. The van der Waals surface area contributed by atoms with E-state index >= 15 is 0 Å². The zero-order chi connectivity index (χ0) is 14.5. The molecule has 2 aromatic rings. The minimum absolute atomic E-state index is 0.122. The third kappa shape index (κ3) is 3.84. The maximum atomic E-state index is 6.28. The maximum absolute atomic E-state index is 6.28. The molecule has 2 N–H and O–H groups in total. The number of aryl methyl sites for hydroxylation is 1. The van der Waals surface area contributed by atoms with Crippen LogP contribution < -0.4 is 10.5 Å². The van der Waals surface area contributed by atoms with E-state index < -0.39 is 0 Å². The molecule has 1 unspecified atom stereocenters. The van der Waals surface area contributed by atoms with E-state index in [1.807, 2.05) is 6.07 Å². The third-order valence-electron chi connectivity index (χ3n) is 3.46. The summed E-state index contributed by atoms with van der Waals surface area (Å²) in [5, 5.41) is 0. The fourth-order valence-corrected chi connectivity index (χ4v) is 2.92. The minimum atomic E-state index is 0.122. The van der Waals surface area contributed by atoms with Crippen LogP contribution in [-0.2, 0) is 12.8 Å². The van der Waals surface area contributed by atoms with Crippen molar-refractivity contribution in [2.24, 2.45) is 5.73 Å². The lowest BCUT2D eigenvalue weighted by Gasteiger charge is -2.14. The molecule has 0 bridgehead atoms. The molecule has 0 fully saturated rings. The van der Waals surface area contributed by atoms with Gasteiger partial charge in [0.1, 0.15) is 5.75 Å². The zero-order valence-electron chi connectivity index (χ0n) is 11.9. The lowest BCUT2D eigenvalue weighted by Crippen LogP contribution is -2.25. The summed E-state index contributed by atoms with van der Waals surface area (Å²) in [5.74, 6) is 0.848. The average Bonchev–Trinajstić information content (AvgIpc) is 2.41. The topological polar surface area (TPSA) is 35.2 Å². The van der Waals surface area contributed by atoms with Gasteiger partial charge in [-0.15, -0.1) is 0 Å². The predicted molar refractivity (Wildman–Crippen MR) is 87.3 cm³/mol. The second-order valence-corrected chi connectivity index (χ2v) is 5.92. The van der Waals surface area contributed by atoms with Gasteiger partial charge in [0, 0.05) is 6.04 Å². The van der Waals surface area contributed by atoms with Gasteiger partial charge in [0.25, 0.3) is 0 Å². The summed E-state index contributed by atoms with van der Waals surface area (Å²) in [6, 6.07) is 14.7. The number of rotatable bonds is 5. The Balaban J connectivity index is 2.03. The Hall–Kier alpha value is -1.32. The lowest BCUT2D eigenvalue weighted by molar-refractivity contribution is 0.412. The van der Waals surface area contributed by atoms with Gasteiger partial charge >= 0.3 is 0 Å². The van der Waals surface area contributed by atoms with Crippen LogP contribution >= 0.6 is 15.9 Å². The van der Waals surface area contributed by atoms with Crippen LogP contribution in [0.2, 0.25) is 0 Å². The van der Waals surface area contributed by atoms with Crippen molar-refractivity contribution in [1.29, 1.82) is 0 Å².